The molecular weight excluding hydrogens is 288 g/mol. The van der Waals surface area contributed by atoms with Crippen LogP contribution >= 0.6 is 11.6 Å². The number of methoxy groups -OCH3 is 1. The zero-order chi connectivity index (χ0) is 15.1. The van der Waals surface area contributed by atoms with Crippen molar-refractivity contribution >= 4 is 11.6 Å². The zero-order valence-corrected chi connectivity index (χ0v) is 13.4. The highest BCUT2D eigenvalue weighted by molar-refractivity contribution is 6.30. The van der Waals surface area contributed by atoms with Crippen molar-refractivity contribution in [1.29, 1.82) is 0 Å². The first-order valence-corrected chi connectivity index (χ1v) is 7.92. The molecule has 0 aromatic heterocycles. The van der Waals surface area contributed by atoms with Crippen LogP contribution < -0.4 is 5.32 Å². The summed E-state index contributed by atoms with van der Waals surface area (Å²) in [6.45, 7) is 4.15. The predicted octanol–water partition coefficient (Wildman–Crippen LogP) is 1.90. The lowest BCUT2D eigenvalue weighted by molar-refractivity contribution is 0.0602. The number of rotatable bonds is 7. The minimum Gasteiger partial charge on any atom is -0.389 e. The van der Waals surface area contributed by atoms with Crippen LogP contribution in [0.15, 0.2) is 24.3 Å². The third-order valence-electron chi connectivity index (χ3n) is 3.91. The second-order valence-corrected chi connectivity index (χ2v) is 6.13. The summed E-state index contributed by atoms with van der Waals surface area (Å²) in [5.41, 5.74) is 1.31. The van der Waals surface area contributed by atoms with Gasteiger partial charge < -0.3 is 15.2 Å². The van der Waals surface area contributed by atoms with Gasteiger partial charge in [-0.1, -0.05) is 23.7 Å². The van der Waals surface area contributed by atoms with Crippen LogP contribution in [-0.4, -0.2) is 55.5 Å². The van der Waals surface area contributed by atoms with E-state index in [0.29, 0.717) is 19.2 Å². The molecule has 118 valence electrons. The Kier molecular flexibility index (Phi) is 6.93. The molecule has 1 aromatic rings. The highest BCUT2D eigenvalue weighted by Gasteiger charge is 2.19. The molecule has 4 nitrogen and oxygen atoms in total. The van der Waals surface area contributed by atoms with E-state index >= 15 is 0 Å². The molecule has 1 heterocycles. The topological polar surface area (TPSA) is 44.7 Å². The molecule has 0 saturated carbocycles. The van der Waals surface area contributed by atoms with Crippen LogP contribution in [0.5, 0.6) is 0 Å². The third kappa shape index (κ3) is 5.93. The summed E-state index contributed by atoms with van der Waals surface area (Å²) in [6, 6.07) is 8.57. The van der Waals surface area contributed by atoms with Crippen molar-refractivity contribution in [3.63, 3.8) is 0 Å². The number of ether oxygens (including phenoxy) is 1. The third-order valence-corrected chi connectivity index (χ3v) is 4.16. The molecule has 0 bridgehead atoms. The smallest absolute Gasteiger partial charge is 0.0897 e. The van der Waals surface area contributed by atoms with Gasteiger partial charge in [-0.2, -0.15) is 0 Å². The molecule has 0 amide bonds. The highest BCUT2D eigenvalue weighted by atomic mass is 35.5. The van der Waals surface area contributed by atoms with E-state index in [-0.39, 0.29) is 0 Å². The van der Waals surface area contributed by atoms with Gasteiger partial charge in [0.1, 0.15) is 0 Å². The first kappa shape index (κ1) is 16.7. The summed E-state index contributed by atoms with van der Waals surface area (Å²) >= 11 is 5.91. The molecule has 1 aromatic carbocycles. The lowest BCUT2D eigenvalue weighted by atomic mass is 10.0. The number of benzene rings is 1. The zero-order valence-electron chi connectivity index (χ0n) is 12.6. The molecule has 21 heavy (non-hydrogen) atoms. The van der Waals surface area contributed by atoms with Gasteiger partial charge in [0.05, 0.1) is 12.7 Å². The largest absolute Gasteiger partial charge is 0.389 e. The molecule has 0 radical (unpaired) electrons. The van der Waals surface area contributed by atoms with Gasteiger partial charge in [-0.05, 0) is 43.6 Å². The summed E-state index contributed by atoms with van der Waals surface area (Å²) in [5.74, 6) is 0. The number of nitrogens with one attached hydrogen (secondary N) is 1. The molecule has 5 heteroatoms. The van der Waals surface area contributed by atoms with Gasteiger partial charge >= 0.3 is 0 Å². The van der Waals surface area contributed by atoms with Crippen molar-refractivity contribution < 1.29 is 9.84 Å². The Morgan fingerprint density at radius 3 is 2.62 bits per heavy atom. The minimum absolute atomic E-state index is 0.391. The number of piperidine rings is 1. The van der Waals surface area contributed by atoms with Crippen LogP contribution in [0.1, 0.15) is 18.4 Å². The minimum atomic E-state index is -0.415. The highest BCUT2D eigenvalue weighted by Crippen LogP contribution is 2.15. The molecule has 2 N–H and O–H groups in total. The fourth-order valence-corrected chi connectivity index (χ4v) is 2.82. The van der Waals surface area contributed by atoms with Gasteiger partial charge in [0.25, 0.3) is 0 Å². The molecule has 2 rings (SSSR count). The van der Waals surface area contributed by atoms with E-state index in [9.17, 15) is 5.11 Å². The number of aliphatic hydroxyl groups is 1. The standard InChI is InChI=1S/C16H25ClN2O2/c1-21-12-16(20)10-18-15-6-8-19(9-7-15)11-13-2-4-14(17)5-3-13/h2-5,15-16,18,20H,6-12H2,1H3. The van der Waals surface area contributed by atoms with E-state index < -0.39 is 6.10 Å². The molecule has 1 fully saturated rings. The molecule has 1 saturated heterocycles. The SMILES string of the molecule is COCC(O)CNC1CCN(Cc2ccc(Cl)cc2)CC1. The monoisotopic (exact) mass is 312 g/mol. The summed E-state index contributed by atoms with van der Waals surface area (Å²) in [7, 11) is 1.61. The second-order valence-electron chi connectivity index (χ2n) is 5.69. The fraction of sp³-hybridized carbons (Fsp3) is 0.625. The van der Waals surface area contributed by atoms with E-state index in [1.54, 1.807) is 7.11 Å². The van der Waals surface area contributed by atoms with E-state index in [1.807, 2.05) is 12.1 Å². The Morgan fingerprint density at radius 2 is 2.00 bits per heavy atom. The maximum Gasteiger partial charge on any atom is 0.0897 e. The van der Waals surface area contributed by atoms with Gasteiger partial charge in [0.15, 0.2) is 0 Å². The van der Waals surface area contributed by atoms with Crippen LogP contribution in [0.2, 0.25) is 5.02 Å². The summed E-state index contributed by atoms with van der Waals surface area (Å²) in [5, 5.41) is 13.9. The average molecular weight is 313 g/mol. The van der Waals surface area contributed by atoms with Gasteiger partial charge in [-0.25, -0.2) is 0 Å². The molecule has 0 aliphatic carbocycles. The van der Waals surface area contributed by atoms with Crippen molar-refractivity contribution in [3.8, 4) is 0 Å². The first-order valence-electron chi connectivity index (χ1n) is 7.54. The van der Waals surface area contributed by atoms with E-state index in [2.05, 4.69) is 22.3 Å². The number of aliphatic hydroxyl groups excluding tert-OH is 1. The molecule has 1 aliphatic rings. The van der Waals surface area contributed by atoms with Crippen molar-refractivity contribution in [1.82, 2.24) is 10.2 Å². The molecule has 1 atom stereocenters. The van der Waals surface area contributed by atoms with Crippen LogP contribution in [0.25, 0.3) is 0 Å². The summed E-state index contributed by atoms with van der Waals surface area (Å²) < 4.78 is 4.93. The lowest BCUT2D eigenvalue weighted by Crippen LogP contribution is -2.44. The molecule has 0 spiro atoms. The van der Waals surface area contributed by atoms with Gasteiger partial charge in [0, 0.05) is 31.3 Å². The number of hydrogen-bond donors (Lipinski definition) is 2. The maximum atomic E-state index is 9.64. The Balaban J connectivity index is 1.67. The van der Waals surface area contributed by atoms with Gasteiger partial charge in [0.2, 0.25) is 0 Å². The Hall–Kier alpha value is -0.650. The van der Waals surface area contributed by atoms with E-state index in [1.165, 1.54) is 5.56 Å². The molecular formula is C16H25ClN2O2. The maximum absolute atomic E-state index is 9.64. The number of hydrogen-bond acceptors (Lipinski definition) is 4. The molecule has 1 unspecified atom stereocenters. The quantitative estimate of drug-likeness (QED) is 0.807. The summed E-state index contributed by atoms with van der Waals surface area (Å²) in [6.07, 6.45) is 1.82. The van der Waals surface area contributed by atoms with Crippen LogP contribution in [0.3, 0.4) is 0 Å². The number of likely N-dealkylation sites (tertiary alicyclic amines) is 1. The second kappa shape index (κ2) is 8.71. The van der Waals surface area contributed by atoms with Gasteiger partial charge in [-0.3, -0.25) is 4.90 Å². The number of nitrogens with zero attached hydrogens (tertiary/aromatic N) is 1. The van der Waals surface area contributed by atoms with Crippen LogP contribution in [-0.2, 0) is 11.3 Å². The average Bonchev–Trinajstić information content (AvgIpc) is 2.49. The predicted molar refractivity (Wildman–Crippen MR) is 85.6 cm³/mol. The normalized spacial score (nSPS) is 18.8. The van der Waals surface area contributed by atoms with E-state index in [4.69, 9.17) is 16.3 Å². The van der Waals surface area contributed by atoms with Crippen LogP contribution in [0, 0.1) is 0 Å². The summed E-state index contributed by atoms with van der Waals surface area (Å²) in [4.78, 5) is 2.47. The van der Waals surface area contributed by atoms with Crippen LogP contribution in [0.4, 0.5) is 0 Å². The first-order chi connectivity index (χ1) is 10.2. The van der Waals surface area contributed by atoms with Crippen molar-refractivity contribution in [2.45, 2.75) is 31.5 Å². The molecule has 1 aliphatic heterocycles. The van der Waals surface area contributed by atoms with Crippen molar-refractivity contribution in [3.05, 3.63) is 34.9 Å². The Bertz CT molecular complexity index is 405. The van der Waals surface area contributed by atoms with Gasteiger partial charge in [-0.15, -0.1) is 0 Å². The Morgan fingerprint density at radius 1 is 1.33 bits per heavy atom. The lowest BCUT2D eigenvalue weighted by Gasteiger charge is -2.32. The van der Waals surface area contributed by atoms with Crippen molar-refractivity contribution in [2.75, 3.05) is 33.4 Å². The fourth-order valence-electron chi connectivity index (χ4n) is 2.70. The Labute approximate surface area is 132 Å². The van der Waals surface area contributed by atoms with E-state index in [0.717, 1.165) is 37.5 Å². The number of halogens is 1. The van der Waals surface area contributed by atoms with Crippen molar-refractivity contribution in [2.24, 2.45) is 0 Å².